The lowest BCUT2D eigenvalue weighted by molar-refractivity contribution is -0.125. The second-order valence-electron chi connectivity index (χ2n) is 5.63. The molecule has 1 atom stereocenters. The Morgan fingerprint density at radius 1 is 1.08 bits per heavy atom. The zero-order chi connectivity index (χ0) is 17.8. The number of hydrogen-bond acceptors (Lipinski definition) is 3. The van der Waals surface area contributed by atoms with Gasteiger partial charge in [0.1, 0.15) is 6.04 Å². The minimum Gasteiger partial charge on any atom is -0.352 e. The first kappa shape index (κ1) is 17.0. The summed E-state index contributed by atoms with van der Waals surface area (Å²) in [5, 5.41) is 8.52. The Balaban J connectivity index is 1.63. The Labute approximate surface area is 149 Å². The standard InChI is InChI=1S/C18H16ClN3O3/c19-13-7-3-1-5-11(13)10-20-16(23)9-15-18(25)21-14-8-4-2-6-12(14)17(24)22-15/h1-8,15H,9-10H2,(H,20,23)(H,21,25)(H,22,24). The van der Waals surface area contributed by atoms with Gasteiger partial charge < -0.3 is 16.0 Å². The van der Waals surface area contributed by atoms with Gasteiger partial charge in [-0.15, -0.1) is 0 Å². The zero-order valence-corrected chi connectivity index (χ0v) is 14.0. The fourth-order valence-electron chi connectivity index (χ4n) is 2.55. The lowest BCUT2D eigenvalue weighted by atomic mass is 10.1. The molecule has 128 valence electrons. The minimum atomic E-state index is -0.939. The SMILES string of the molecule is O=C(CC1NC(=O)c2ccccc2NC1=O)NCc1ccccc1Cl. The van der Waals surface area contributed by atoms with E-state index in [0.717, 1.165) is 5.56 Å². The van der Waals surface area contributed by atoms with Gasteiger partial charge >= 0.3 is 0 Å². The van der Waals surface area contributed by atoms with Gasteiger partial charge in [0.15, 0.2) is 0 Å². The molecule has 0 bridgehead atoms. The summed E-state index contributed by atoms with van der Waals surface area (Å²) in [6.07, 6.45) is -0.157. The molecule has 3 rings (SSSR count). The van der Waals surface area contributed by atoms with Crippen LogP contribution in [0.15, 0.2) is 48.5 Å². The molecule has 6 nitrogen and oxygen atoms in total. The van der Waals surface area contributed by atoms with Crippen molar-refractivity contribution in [1.29, 1.82) is 0 Å². The number of amides is 3. The first-order chi connectivity index (χ1) is 12.0. The van der Waals surface area contributed by atoms with Crippen LogP contribution in [0.1, 0.15) is 22.3 Å². The maximum absolute atomic E-state index is 12.3. The Bertz CT molecular complexity index is 838. The third-order valence-corrected chi connectivity index (χ3v) is 4.24. The molecule has 1 heterocycles. The molecule has 0 fully saturated rings. The number of para-hydroxylation sites is 1. The predicted molar refractivity (Wildman–Crippen MR) is 94.2 cm³/mol. The molecule has 7 heteroatoms. The van der Waals surface area contributed by atoms with Crippen LogP contribution in [0.2, 0.25) is 5.02 Å². The summed E-state index contributed by atoms with van der Waals surface area (Å²) < 4.78 is 0. The third kappa shape index (κ3) is 3.97. The summed E-state index contributed by atoms with van der Waals surface area (Å²) in [6, 6.07) is 12.9. The van der Waals surface area contributed by atoms with Crippen LogP contribution in [0, 0.1) is 0 Å². The van der Waals surface area contributed by atoms with E-state index < -0.39 is 17.9 Å². The Morgan fingerprint density at radius 2 is 1.80 bits per heavy atom. The molecule has 1 unspecified atom stereocenters. The fourth-order valence-corrected chi connectivity index (χ4v) is 2.75. The number of nitrogens with one attached hydrogen (secondary N) is 3. The number of halogens is 1. The van der Waals surface area contributed by atoms with E-state index in [1.807, 2.05) is 6.07 Å². The summed E-state index contributed by atoms with van der Waals surface area (Å²) in [7, 11) is 0. The molecule has 3 amide bonds. The van der Waals surface area contributed by atoms with Crippen LogP contribution in [0.3, 0.4) is 0 Å². The van der Waals surface area contributed by atoms with Crippen LogP contribution in [0.4, 0.5) is 5.69 Å². The number of carbonyl (C=O) groups is 3. The van der Waals surface area contributed by atoms with Crippen molar-refractivity contribution in [2.45, 2.75) is 19.0 Å². The van der Waals surface area contributed by atoms with Crippen LogP contribution in [-0.2, 0) is 16.1 Å². The molecule has 0 radical (unpaired) electrons. The van der Waals surface area contributed by atoms with E-state index in [-0.39, 0.29) is 18.9 Å². The second-order valence-corrected chi connectivity index (χ2v) is 6.04. The van der Waals surface area contributed by atoms with Gasteiger partial charge in [0.05, 0.1) is 17.7 Å². The van der Waals surface area contributed by atoms with Gasteiger partial charge in [0.25, 0.3) is 5.91 Å². The van der Waals surface area contributed by atoms with Gasteiger partial charge in [-0.25, -0.2) is 0 Å². The van der Waals surface area contributed by atoms with Crippen molar-refractivity contribution in [2.75, 3.05) is 5.32 Å². The molecule has 0 aliphatic carbocycles. The summed E-state index contributed by atoms with van der Waals surface area (Å²) in [5.74, 6) is -1.17. The van der Waals surface area contributed by atoms with E-state index in [0.29, 0.717) is 16.3 Å². The maximum Gasteiger partial charge on any atom is 0.254 e. The van der Waals surface area contributed by atoms with Gasteiger partial charge in [-0.1, -0.05) is 41.9 Å². The second kappa shape index (κ2) is 7.36. The maximum atomic E-state index is 12.3. The molecule has 25 heavy (non-hydrogen) atoms. The van der Waals surface area contributed by atoms with Crippen molar-refractivity contribution in [3.63, 3.8) is 0 Å². The molecule has 2 aromatic carbocycles. The largest absolute Gasteiger partial charge is 0.352 e. The van der Waals surface area contributed by atoms with Crippen molar-refractivity contribution in [1.82, 2.24) is 10.6 Å². The molecule has 1 aliphatic rings. The number of carbonyl (C=O) groups excluding carboxylic acids is 3. The molecule has 0 aromatic heterocycles. The van der Waals surface area contributed by atoms with Gasteiger partial charge in [0, 0.05) is 11.6 Å². The van der Waals surface area contributed by atoms with Crippen LogP contribution in [0.25, 0.3) is 0 Å². The average Bonchev–Trinajstić information content (AvgIpc) is 2.71. The number of anilines is 1. The van der Waals surface area contributed by atoms with Gasteiger partial charge in [-0.05, 0) is 23.8 Å². The molecule has 0 spiro atoms. The highest BCUT2D eigenvalue weighted by Crippen LogP contribution is 2.19. The van der Waals surface area contributed by atoms with Crippen LogP contribution in [-0.4, -0.2) is 23.8 Å². The summed E-state index contributed by atoms with van der Waals surface area (Å²) in [5.41, 5.74) is 1.58. The van der Waals surface area contributed by atoms with Crippen molar-refractivity contribution in [2.24, 2.45) is 0 Å². The average molecular weight is 358 g/mol. The Morgan fingerprint density at radius 3 is 2.60 bits per heavy atom. The van der Waals surface area contributed by atoms with Crippen molar-refractivity contribution >= 4 is 35.0 Å². The monoisotopic (exact) mass is 357 g/mol. The highest BCUT2D eigenvalue weighted by atomic mass is 35.5. The van der Waals surface area contributed by atoms with Crippen molar-refractivity contribution < 1.29 is 14.4 Å². The number of benzene rings is 2. The van der Waals surface area contributed by atoms with E-state index in [9.17, 15) is 14.4 Å². The first-order valence-electron chi connectivity index (χ1n) is 7.75. The molecular formula is C18H16ClN3O3. The Hall–Kier alpha value is -2.86. The topological polar surface area (TPSA) is 87.3 Å². The van der Waals surface area contributed by atoms with Crippen molar-refractivity contribution in [3.05, 3.63) is 64.7 Å². The van der Waals surface area contributed by atoms with Crippen LogP contribution in [0.5, 0.6) is 0 Å². The smallest absolute Gasteiger partial charge is 0.254 e. The number of rotatable bonds is 4. The molecular weight excluding hydrogens is 342 g/mol. The fraction of sp³-hybridized carbons (Fsp3) is 0.167. The van der Waals surface area contributed by atoms with E-state index in [2.05, 4.69) is 16.0 Å². The lowest BCUT2D eigenvalue weighted by Crippen LogP contribution is -2.44. The molecule has 0 saturated heterocycles. The highest BCUT2D eigenvalue weighted by molar-refractivity contribution is 6.31. The number of hydrogen-bond donors (Lipinski definition) is 3. The summed E-state index contributed by atoms with van der Waals surface area (Å²) in [4.78, 5) is 36.6. The van der Waals surface area contributed by atoms with Crippen LogP contribution >= 0.6 is 11.6 Å². The zero-order valence-electron chi connectivity index (χ0n) is 13.2. The molecule has 0 saturated carbocycles. The molecule has 2 aromatic rings. The minimum absolute atomic E-state index is 0.157. The van der Waals surface area contributed by atoms with Gasteiger partial charge in [0.2, 0.25) is 11.8 Å². The summed E-state index contributed by atoms with van der Waals surface area (Å²) >= 11 is 6.04. The van der Waals surface area contributed by atoms with Crippen molar-refractivity contribution in [3.8, 4) is 0 Å². The Kier molecular flexibility index (Phi) is 5.00. The van der Waals surface area contributed by atoms with E-state index in [1.54, 1.807) is 42.5 Å². The normalized spacial score (nSPS) is 16.3. The highest BCUT2D eigenvalue weighted by Gasteiger charge is 2.29. The summed E-state index contributed by atoms with van der Waals surface area (Å²) in [6.45, 7) is 0.251. The third-order valence-electron chi connectivity index (χ3n) is 3.87. The lowest BCUT2D eigenvalue weighted by Gasteiger charge is -2.14. The molecule has 3 N–H and O–H groups in total. The van der Waals surface area contributed by atoms with E-state index in [4.69, 9.17) is 11.6 Å². The van der Waals surface area contributed by atoms with Gasteiger partial charge in [-0.3, -0.25) is 14.4 Å². The van der Waals surface area contributed by atoms with Crippen LogP contribution < -0.4 is 16.0 Å². The van der Waals surface area contributed by atoms with E-state index in [1.165, 1.54) is 0 Å². The van der Waals surface area contributed by atoms with Gasteiger partial charge in [-0.2, -0.15) is 0 Å². The first-order valence-corrected chi connectivity index (χ1v) is 8.13. The molecule has 1 aliphatic heterocycles. The van der Waals surface area contributed by atoms with E-state index >= 15 is 0 Å². The number of fused-ring (bicyclic) bond motifs is 1. The quantitative estimate of drug-likeness (QED) is 0.783. The predicted octanol–water partition coefficient (Wildman–Crippen LogP) is 2.10.